The molecule has 4 nitrogen and oxygen atoms in total. The second-order valence-electron chi connectivity index (χ2n) is 3.76. The summed E-state index contributed by atoms with van der Waals surface area (Å²) in [5.41, 5.74) is 0.838. The quantitative estimate of drug-likeness (QED) is 0.921. The molecule has 0 amide bonds. The van der Waals surface area contributed by atoms with Crippen molar-refractivity contribution in [1.82, 2.24) is 14.6 Å². The first-order valence-electron chi connectivity index (χ1n) is 5.56. The second-order valence-corrected chi connectivity index (χ2v) is 5.94. The summed E-state index contributed by atoms with van der Waals surface area (Å²) in [5.74, 6) is 2.88. The number of aromatic nitrogens is 3. The Kier molecular flexibility index (Phi) is 4.28. The fraction of sp³-hybridized carbons (Fsp3) is 0.455. The topological polar surface area (TPSA) is 42.2 Å². The molecule has 0 radical (unpaired) electrons. The summed E-state index contributed by atoms with van der Waals surface area (Å²) >= 11 is 5.37. The molecule has 1 N–H and O–H groups in total. The first-order chi connectivity index (χ1) is 8.20. The van der Waals surface area contributed by atoms with Gasteiger partial charge in [-0.15, -0.1) is 5.10 Å². The third kappa shape index (κ3) is 3.13. The molecule has 0 aliphatic carbocycles. The van der Waals surface area contributed by atoms with E-state index in [1.54, 1.807) is 4.52 Å². The van der Waals surface area contributed by atoms with Crippen molar-refractivity contribution in [1.29, 1.82) is 0 Å². The van der Waals surface area contributed by atoms with Crippen molar-refractivity contribution in [3.05, 3.63) is 22.8 Å². The van der Waals surface area contributed by atoms with Crippen molar-refractivity contribution in [2.45, 2.75) is 19.9 Å². The number of fused-ring (bicyclic) bond motifs is 1. The molecule has 2 aromatic heterocycles. The molecule has 1 atom stereocenters. The zero-order valence-corrected chi connectivity index (χ0v) is 12.3. The highest BCUT2D eigenvalue weighted by atomic mass is 79.9. The minimum absolute atomic E-state index is 0.371. The predicted octanol–water partition coefficient (Wildman–Crippen LogP) is 3.05. The molecule has 0 bridgehead atoms. The first kappa shape index (κ1) is 12.7. The first-order valence-corrected chi connectivity index (χ1v) is 7.50. The summed E-state index contributed by atoms with van der Waals surface area (Å²) in [5, 5.41) is 7.69. The molecule has 0 aliphatic rings. The molecule has 2 heterocycles. The van der Waals surface area contributed by atoms with Gasteiger partial charge in [0.05, 0.1) is 4.47 Å². The molecule has 0 aliphatic heterocycles. The van der Waals surface area contributed by atoms with Crippen LogP contribution in [-0.2, 0) is 0 Å². The lowest BCUT2D eigenvalue weighted by Crippen LogP contribution is -2.18. The van der Waals surface area contributed by atoms with Crippen LogP contribution in [0.2, 0.25) is 0 Å². The summed E-state index contributed by atoms with van der Waals surface area (Å²) in [7, 11) is 0. The third-order valence-electron chi connectivity index (χ3n) is 2.26. The maximum atomic E-state index is 4.44. The van der Waals surface area contributed by atoms with Gasteiger partial charge in [0.1, 0.15) is 0 Å². The molecular weight excluding hydrogens is 300 g/mol. The molecular formula is C11H15BrN4S. The van der Waals surface area contributed by atoms with E-state index in [0.717, 1.165) is 21.6 Å². The molecule has 0 saturated heterocycles. The zero-order valence-electron chi connectivity index (χ0n) is 9.85. The summed E-state index contributed by atoms with van der Waals surface area (Å²) in [6, 6.07) is 4.27. The van der Waals surface area contributed by atoms with E-state index < -0.39 is 0 Å². The van der Waals surface area contributed by atoms with Crippen molar-refractivity contribution in [3.8, 4) is 0 Å². The average molecular weight is 315 g/mol. The molecule has 0 aromatic carbocycles. The fourth-order valence-electron chi connectivity index (χ4n) is 1.49. The third-order valence-corrected chi connectivity index (χ3v) is 4.03. The Bertz CT molecular complexity index is 499. The number of pyridine rings is 1. The van der Waals surface area contributed by atoms with Crippen LogP contribution in [0.15, 0.2) is 22.8 Å². The minimum atomic E-state index is 0.371. The van der Waals surface area contributed by atoms with Crippen LogP contribution in [-0.4, -0.2) is 32.1 Å². The highest BCUT2D eigenvalue weighted by Crippen LogP contribution is 2.17. The van der Waals surface area contributed by atoms with Gasteiger partial charge in [0, 0.05) is 18.0 Å². The molecule has 92 valence electrons. The number of halogens is 1. The van der Waals surface area contributed by atoms with Gasteiger partial charge >= 0.3 is 0 Å². The lowest BCUT2D eigenvalue weighted by molar-refractivity contribution is 0.874. The van der Waals surface area contributed by atoms with Crippen LogP contribution in [0.25, 0.3) is 5.65 Å². The molecule has 17 heavy (non-hydrogen) atoms. The van der Waals surface area contributed by atoms with Crippen LogP contribution < -0.4 is 5.32 Å². The van der Waals surface area contributed by atoms with E-state index in [9.17, 15) is 0 Å². The van der Waals surface area contributed by atoms with E-state index >= 15 is 0 Å². The van der Waals surface area contributed by atoms with Crippen LogP contribution in [0.5, 0.6) is 0 Å². The van der Waals surface area contributed by atoms with Gasteiger partial charge in [-0.25, -0.2) is 4.52 Å². The molecule has 2 rings (SSSR count). The van der Waals surface area contributed by atoms with E-state index in [-0.39, 0.29) is 0 Å². The molecule has 0 fully saturated rings. The maximum absolute atomic E-state index is 4.44. The van der Waals surface area contributed by atoms with Crippen LogP contribution in [0.1, 0.15) is 13.8 Å². The van der Waals surface area contributed by atoms with Gasteiger partial charge in [-0.2, -0.15) is 16.7 Å². The van der Waals surface area contributed by atoms with Crippen LogP contribution in [0, 0.1) is 0 Å². The number of anilines is 1. The van der Waals surface area contributed by atoms with E-state index in [1.165, 1.54) is 0 Å². The molecule has 1 unspecified atom stereocenters. The van der Waals surface area contributed by atoms with Crippen molar-refractivity contribution in [3.63, 3.8) is 0 Å². The van der Waals surface area contributed by atoms with Gasteiger partial charge in [-0.1, -0.05) is 6.92 Å². The van der Waals surface area contributed by atoms with E-state index in [0.29, 0.717) is 12.0 Å². The highest BCUT2D eigenvalue weighted by molar-refractivity contribution is 9.10. The largest absolute Gasteiger partial charge is 0.350 e. The Balaban J connectivity index is 2.11. The van der Waals surface area contributed by atoms with Gasteiger partial charge < -0.3 is 5.32 Å². The van der Waals surface area contributed by atoms with Gasteiger partial charge in [-0.05, 0) is 40.7 Å². The van der Waals surface area contributed by atoms with Crippen molar-refractivity contribution >= 4 is 39.3 Å². The van der Waals surface area contributed by atoms with Crippen molar-refractivity contribution in [2.24, 2.45) is 0 Å². The maximum Gasteiger partial charge on any atom is 0.243 e. The number of hydrogen-bond acceptors (Lipinski definition) is 4. The molecule has 0 spiro atoms. The normalized spacial score (nSPS) is 12.9. The fourth-order valence-corrected chi connectivity index (χ4v) is 2.59. The number of hydrogen-bond donors (Lipinski definition) is 1. The number of rotatable bonds is 5. The van der Waals surface area contributed by atoms with Crippen molar-refractivity contribution in [2.75, 3.05) is 16.8 Å². The Labute approximate surface area is 113 Å². The Morgan fingerprint density at radius 1 is 1.59 bits per heavy atom. The van der Waals surface area contributed by atoms with E-state index in [4.69, 9.17) is 0 Å². The molecule has 2 aromatic rings. The lowest BCUT2D eigenvalue weighted by Gasteiger charge is -2.10. The monoisotopic (exact) mass is 314 g/mol. The van der Waals surface area contributed by atoms with E-state index in [1.807, 2.05) is 30.1 Å². The van der Waals surface area contributed by atoms with Gasteiger partial charge in [0.2, 0.25) is 5.95 Å². The number of thioether (sulfide) groups is 1. The molecule has 6 heteroatoms. The van der Waals surface area contributed by atoms with Crippen LogP contribution in [0.3, 0.4) is 0 Å². The summed E-state index contributed by atoms with van der Waals surface area (Å²) < 4.78 is 2.72. The summed E-state index contributed by atoms with van der Waals surface area (Å²) in [6.07, 6.45) is 1.89. The minimum Gasteiger partial charge on any atom is -0.350 e. The number of nitrogens with zero attached hydrogens (tertiary/aromatic N) is 3. The Morgan fingerprint density at radius 3 is 3.12 bits per heavy atom. The van der Waals surface area contributed by atoms with Crippen molar-refractivity contribution < 1.29 is 0 Å². The van der Waals surface area contributed by atoms with Gasteiger partial charge in [0.25, 0.3) is 0 Å². The standard InChI is InChI=1S/C11H15BrN4S/c1-3-17-7-8(2)13-11-14-10-9(12)5-4-6-16(10)15-11/h4-6,8H,3,7H2,1-2H3,(H,13,15). The van der Waals surface area contributed by atoms with Gasteiger partial charge in [-0.3, -0.25) is 0 Å². The van der Waals surface area contributed by atoms with Gasteiger partial charge in [0.15, 0.2) is 5.65 Å². The predicted molar refractivity (Wildman–Crippen MR) is 76.8 cm³/mol. The summed E-state index contributed by atoms with van der Waals surface area (Å²) in [4.78, 5) is 4.44. The van der Waals surface area contributed by atoms with Crippen LogP contribution in [0.4, 0.5) is 5.95 Å². The Morgan fingerprint density at radius 2 is 2.41 bits per heavy atom. The SMILES string of the molecule is CCSCC(C)Nc1nc2c(Br)cccn2n1. The average Bonchev–Trinajstić information content (AvgIpc) is 2.70. The second kappa shape index (κ2) is 5.73. The zero-order chi connectivity index (χ0) is 12.3. The van der Waals surface area contributed by atoms with Crippen LogP contribution >= 0.6 is 27.7 Å². The lowest BCUT2D eigenvalue weighted by atomic mass is 10.4. The Hall–Kier alpha value is -0.750. The highest BCUT2D eigenvalue weighted by Gasteiger charge is 2.08. The van der Waals surface area contributed by atoms with E-state index in [2.05, 4.69) is 45.2 Å². The number of nitrogens with one attached hydrogen (secondary N) is 1. The smallest absolute Gasteiger partial charge is 0.243 e. The molecule has 0 saturated carbocycles. The summed E-state index contributed by atoms with van der Waals surface area (Å²) in [6.45, 7) is 4.31.